The van der Waals surface area contributed by atoms with E-state index in [0.29, 0.717) is 25.0 Å². The van der Waals surface area contributed by atoms with Crippen LogP contribution in [-0.2, 0) is 9.53 Å². The normalized spacial score (nSPS) is 31.5. The Balaban J connectivity index is 0.00000288. The van der Waals surface area contributed by atoms with Crippen LogP contribution in [0.2, 0.25) is 0 Å². The van der Waals surface area contributed by atoms with Gasteiger partial charge in [0.15, 0.2) is 0 Å². The van der Waals surface area contributed by atoms with Crippen molar-refractivity contribution in [2.75, 3.05) is 26.2 Å². The summed E-state index contributed by atoms with van der Waals surface area (Å²) in [4.78, 5) is 15.2. The molecule has 0 aromatic heterocycles. The smallest absolute Gasteiger partial charge is 0.240 e. The van der Waals surface area contributed by atoms with E-state index >= 15 is 0 Å². The quantitative estimate of drug-likeness (QED) is 0.722. The van der Waals surface area contributed by atoms with E-state index in [-0.39, 0.29) is 42.2 Å². The Labute approximate surface area is 165 Å². The lowest BCUT2D eigenvalue weighted by Crippen LogP contribution is -2.76. The predicted molar refractivity (Wildman–Crippen MR) is 108 cm³/mol. The van der Waals surface area contributed by atoms with Gasteiger partial charge in [0.05, 0.1) is 6.10 Å². The summed E-state index contributed by atoms with van der Waals surface area (Å²) in [7, 11) is 0. The molecule has 5 nitrogen and oxygen atoms in total. The van der Waals surface area contributed by atoms with Crippen LogP contribution in [0.5, 0.6) is 0 Å². The minimum absolute atomic E-state index is 0. The van der Waals surface area contributed by atoms with Crippen LogP contribution in [0.15, 0.2) is 0 Å². The molecule has 2 fully saturated rings. The zero-order chi connectivity index (χ0) is 17.3. The Morgan fingerprint density at radius 3 is 2.52 bits per heavy atom. The number of nitrogens with two attached hydrogens (primary N) is 1. The first-order chi connectivity index (χ1) is 10.7. The molecule has 3 unspecified atom stereocenters. The number of carbonyl (C=O) groups excluding carboxylic acids is 1. The van der Waals surface area contributed by atoms with Crippen LogP contribution in [0.25, 0.3) is 0 Å². The predicted octanol–water partition coefficient (Wildman–Crippen LogP) is 2.60. The monoisotopic (exact) mass is 397 g/mol. The van der Waals surface area contributed by atoms with Crippen molar-refractivity contribution in [2.45, 2.75) is 71.6 Å². The number of piperidine rings is 1. The van der Waals surface area contributed by atoms with Crippen molar-refractivity contribution in [2.24, 2.45) is 17.1 Å². The van der Waals surface area contributed by atoms with E-state index in [1.807, 2.05) is 20.8 Å². The summed E-state index contributed by atoms with van der Waals surface area (Å²) in [6.45, 7) is 14.2. The molecule has 0 bridgehead atoms. The molecule has 0 aromatic carbocycles. The maximum Gasteiger partial charge on any atom is 0.240 e. The molecule has 1 amide bonds. The van der Waals surface area contributed by atoms with Gasteiger partial charge in [-0.3, -0.25) is 4.79 Å². The van der Waals surface area contributed by atoms with Gasteiger partial charge in [-0.05, 0) is 46.1 Å². The van der Waals surface area contributed by atoms with Crippen molar-refractivity contribution in [3.63, 3.8) is 0 Å². The first kappa shape index (κ1) is 24.9. The van der Waals surface area contributed by atoms with Gasteiger partial charge in [0.25, 0.3) is 0 Å². The second-order valence-corrected chi connectivity index (χ2v) is 8.15. The molecule has 3 atom stereocenters. The average Bonchev–Trinajstić information content (AvgIpc) is 2.52. The lowest BCUT2D eigenvalue weighted by molar-refractivity contribution is -0.170. The van der Waals surface area contributed by atoms with Gasteiger partial charge in [-0.1, -0.05) is 13.8 Å². The van der Waals surface area contributed by atoms with Gasteiger partial charge < -0.3 is 20.7 Å². The standard InChI is InChI=1S/C18H35N3O2.2ClH/c1-6-23-15-10-18(19,17(15,4)5)16(22)20-11-14-8-7-9-21(12-14)13(2)3;;/h13-15H,6-12,19H2,1-5H3,(H,20,22);2*1H. The maximum atomic E-state index is 12.7. The molecule has 7 heteroatoms. The van der Waals surface area contributed by atoms with Crippen LogP contribution in [-0.4, -0.2) is 54.7 Å². The molecule has 1 saturated carbocycles. The largest absolute Gasteiger partial charge is 0.378 e. The van der Waals surface area contributed by atoms with Crippen LogP contribution >= 0.6 is 24.8 Å². The summed E-state index contributed by atoms with van der Waals surface area (Å²) in [6.07, 6.45) is 3.09. The molecule has 0 spiro atoms. The first-order valence-corrected chi connectivity index (χ1v) is 9.15. The topological polar surface area (TPSA) is 67.6 Å². The van der Waals surface area contributed by atoms with Crippen molar-refractivity contribution in [3.05, 3.63) is 0 Å². The molecule has 3 N–H and O–H groups in total. The van der Waals surface area contributed by atoms with Gasteiger partial charge >= 0.3 is 0 Å². The molecule has 1 aliphatic carbocycles. The summed E-state index contributed by atoms with van der Waals surface area (Å²) < 4.78 is 5.71. The number of halogens is 2. The van der Waals surface area contributed by atoms with E-state index in [2.05, 4.69) is 24.1 Å². The number of nitrogens with zero attached hydrogens (tertiary/aromatic N) is 1. The Kier molecular flexibility index (Phi) is 9.72. The summed E-state index contributed by atoms with van der Waals surface area (Å²) in [5.74, 6) is 0.518. The van der Waals surface area contributed by atoms with Gasteiger partial charge in [-0.25, -0.2) is 0 Å². The van der Waals surface area contributed by atoms with E-state index in [4.69, 9.17) is 10.5 Å². The molecule has 1 aliphatic heterocycles. The molecular formula is C18H37Cl2N3O2. The summed E-state index contributed by atoms with van der Waals surface area (Å²) in [5, 5.41) is 3.13. The number of amides is 1. The van der Waals surface area contributed by atoms with Crippen molar-refractivity contribution in [1.82, 2.24) is 10.2 Å². The van der Waals surface area contributed by atoms with Crippen LogP contribution in [0.4, 0.5) is 0 Å². The number of likely N-dealkylation sites (tertiary alicyclic amines) is 1. The molecule has 2 rings (SSSR count). The van der Waals surface area contributed by atoms with Gasteiger partial charge in [0.2, 0.25) is 5.91 Å². The maximum absolute atomic E-state index is 12.7. The van der Waals surface area contributed by atoms with Crippen LogP contribution in [0.3, 0.4) is 0 Å². The molecular weight excluding hydrogens is 361 g/mol. The number of hydrogen-bond donors (Lipinski definition) is 2. The second-order valence-electron chi connectivity index (χ2n) is 8.15. The zero-order valence-electron chi connectivity index (χ0n) is 16.3. The Bertz CT molecular complexity index is 435. The molecule has 1 heterocycles. The summed E-state index contributed by atoms with van der Waals surface area (Å²) in [5.41, 5.74) is 5.31. The minimum Gasteiger partial charge on any atom is -0.378 e. The number of carbonyl (C=O) groups is 1. The lowest BCUT2D eigenvalue weighted by Gasteiger charge is -2.57. The van der Waals surface area contributed by atoms with Crippen LogP contribution in [0.1, 0.15) is 53.9 Å². The molecule has 25 heavy (non-hydrogen) atoms. The SMILES string of the molecule is CCOC1CC(N)(C(=O)NCC2CCCN(C(C)C)C2)C1(C)C.Cl.Cl. The van der Waals surface area contributed by atoms with Crippen LogP contribution < -0.4 is 11.1 Å². The zero-order valence-corrected chi connectivity index (χ0v) is 18.0. The van der Waals surface area contributed by atoms with E-state index < -0.39 is 5.54 Å². The minimum atomic E-state index is -0.806. The van der Waals surface area contributed by atoms with E-state index in [9.17, 15) is 4.79 Å². The first-order valence-electron chi connectivity index (χ1n) is 9.15. The molecule has 0 radical (unpaired) electrons. The number of nitrogens with one attached hydrogen (secondary N) is 1. The second kappa shape index (κ2) is 9.75. The number of rotatable bonds is 6. The highest BCUT2D eigenvalue weighted by Crippen LogP contribution is 2.49. The Morgan fingerprint density at radius 1 is 1.36 bits per heavy atom. The number of hydrogen-bond acceptors (Lipinski definition) is 4. The van der Waals surface area contributed by atoms with E-state index in [1.54, 1.807) is 0 Å². The molecule has 150 valence electrons. The summed E-state index contributed by atoms with van der Waals surface area (Å²) >= 11 is 0. The lowest BCUT2D eigenvalue weighted by atomic mass is 9.54. The van der Waals surface area contributed by atoms with Crippen LogP contribution in [0, 0.1) is 11.3 Å². The van der Waals surface area contributed by atoms with Crippen molar-refractivity contribution >= 4 is 30.7 Å². The fourth-order valence-electron chi connectivity index (χ4n) is 3.95. The van der Waals surface area contributed by atoms with Gasteiger partial charge in [-0.2, -0.15) is 0 Å². The van der Waals surface area contributed by atoms with E-state index in [0.717, 1.165) is 13.1 Å². The third-order valence-corrected chi connectivity index (χ3v) is 6.07. The highest BCUT2D eigenvalue weighted by Gasteiger charge is 2.62. The molecule has 0 aromatic rings. The van der Waals surface area contributed by atoms with Crippen molar-refractivity contribution in [3.8, 4) is 0 Å². The van der Waals surface area contributed by atoms with Crippen molar-refractivity contribution < 1.29 is 9.53 Å². The van der Waals surface area contributed by atoms with E-state index in [1.165, 1.54) is 19.4 Å². The number of ether oxygens (including phenoxy) is 1. The highest BCUT2D eigenvalue weighted by atomic mass is 35.5. The molecule has 1 saturated heterocycles. The highest BCUT2D eigenvalue weighted by molar-refractivity contribution is 5.88. The van der Waals surface area contributed by atoms with Gasteiger partial charge in [0.1, 0.15) is 5.54 Å². The average molecular weight is 398 g/mol. The summed E-state index contributed by atoms with van der Waals surface area (Å²) in [6, 6.07) is 0.576. The fraction of sp³-hybridized carbons (Fsp3) is 0.944. The van der Waals surface area contributed by atoms with Gasteiger partial charge in [0, 0.05) is 37.6 Å². The van der Waals surface area contributed by atoms with Crippen molar-refractivity contribution in [1.29, 1.82) is 0 Å². The Hall–Kier alpha value is -0.0700. The molecule has 2 aliphatic rings. The Morgan fingerprint density at radius 2 is 2.00 bits per heavy atom. The third kappa shape index (κ3) is 5.01. The fourth-order valence-corrected chi connectivity index (χ4v) is 3.95. The van der Waals surface area contributed by atoms with Gasteiger partial charge in [-0.15, -0.1) is 24.8 Å². The third-order valence-electron chi connectivity index (χ3n) is 6.07.